The van der Waals surface area contributed by atoms with Crippen LogP contribution in [0.25, 0.3) is 11.1 Å². The zero-order chi connectivity index (χ0) is 23.8. The highest BCUT2D eigenvalue weighted by atomic mass is 16.5. The van der Waals surface area contributed by atoms with Gasteiger partial charge in [0.15, 0.2) is 0 Å². The van der Waals surface area contributed by atoms with Crippen LogP contribution >= 0.6 is 0 Å². The predicted molar refractivity (Wildman–Crippen MR) is 126 cm³/mol. The molecule has 0 saturated carbocycles. The van der Waals surface area contributed by atoms with E-state index in [2.05, 4.69) is 34.9 Å². The minimum atomic E-state index is -1.03. The lowest BCUT2D eigenvalue weighted by molar-refractivity contribution is -0.142. The second-order valence-electron chi connectivity index (χ2n) is 8.48. The molecule has 3 rings (SSSR count). The topological polar surface area (TPSA) is 105 Å². The third-order valence-electron chi connectivity index (χ3n) is 6.10. The summed E-state index contributed by atoms with van der Waals surface area (Å²) in [6, 6.07) is 15.4. The monoisotopic (exact) mass is 452 g/mol. The fraction of sp³-hybridized carbons (Fsp3) is 0.423. The fourth-order valence-electron chi connectivity index (χ4n) is 4.15. The Morgan fingerprint density at radius 2 is 1.61 bits per heavy atom. The number of benzene rings is 2. The summed E-state index contributed by atoms with van der Waals surface area (Å²) in [7, 11) is 0. The third kappa shape index (κ3) is 6.12. The standard InChI is InChI=1S/C26H32N2O5/c1-3-4-13-23(25(30)31)28-24(29)17(2)14-15-27-26(32)33-16-22-20-11-7-5-9-18(20)19-10-6-8-12-21(19)22/h5-12,17,22-23H,3-4,13-16H2,1-2H3,(H,27,32)(H,28,29)(H,30,31). The molecule has 0 radical (unpaired) electrons. The van der Waals surface area contributed by atoms with Gasteiger partial charge in [-0.1, -0.05) is 75.2 Å². The van der Waals surface area contributed by atoms with Crippen molar-refractivity contribution in [3.05, 3.63) is 59.7 Å². The zero-order valence-electron chi connectivity index (χ0n) is 19.2. The number of carbonyl (C=O) groups excluding carboxylic acids is 2. The summed E-state index contributed by atoms with van der Waals surface area (Å²) in [5.74, 6) is -1.79. The van der Waals surface area contributed by atoms with Crippen molar-refractivity contribution >= 4 is 18.0 Å². The van der Waals surface area contributed by atoms with Gasteiger partial charge in [0, 0.05) is 18.4 Å². The molecule has 7 nitrogen and oxygen atoms in total. The molecule has 2 aromatic carbocycles. The van der Waals surface area contributed by atoms with E-state index in [1.165, 1.54) is 11.1 Å². The summed E-state index contributed by atoms with van der Waals surface area (Å²) in [5.41, 5.74) is 4.63. The fourth-order valence-corrected chi connectivity index (χ4v) is 4.15. The minimum absolute atomic E-state index is 0.0103. The number of ether oxygens (including phenoxy) is 1. The molecule has 7 heteroatoms. The molecule has 176 valence electrons. The van der Waals surface area contributed by atoms with Crippen molar-refractivity contribution in [3.63, 3.8) is 0 Å². The first-order valence-corrected chi connectivity index (χ1v) is 11.5. The number of nitrogens with one attached hydrogen (secondary N) is 2. The van der Waals surface area contributed by atoms with Gasteiger partial charge in [0.05, 0.1) is 0 Å². The molecule has 0 heterocycles. The first kappa shape index (κ1) is 24.3. The maximum absolute atomic E-state index is 12.3. The highest BCUT2D eigenvalue weighted by Crippen LogP contribution is 2.44. The molecule has 1 aliphatic carbocycles. The molecule has 1 aliphatic rings. The Kier molecular flexibility index (Phi) is 8.46. The van der Waals surface area contributed by atoms with Crippen LogP contribution in [0.4, 0.5) is 4.79 Å². The molecule has 2 atom stereocenters. The van der Waals surface area contributed by atoms with Crippen molar-refractivity contribution < 1.29 is 24.2 Å². The average Bonchev–Trinajstić information content (AvgIpc) is 3.13. The predicted octanol–water partition coefficient (Wildman–Crippen LogP) is 4.31. The highest BCUT2D eigenvalue weighted by Gasteiger charge is 2.29. The molecule has 2 amide bonds. The summed E-state index contributed by atoms with van der Waals surface area (Å²) in [5, 5.41) is 14.5. The van der Waals surface area contributed by atoms with Crippen molar-refractivity contribution in [1.29, 1.82) is 0 Å². The number of unbranched alkanes of at least 4 members (excludes halogenated alkanes) is 1. The summed E-state index contributed by atoms with van der Waals surface area (Å²) in [6.45, 7) is 4.18. The van der Waals surface area contributed by atoms with Gasteiger partial charge in [-0.3, -0.25) is 4.79 Å². The van der Waals surface area contributed by atoms with Crippen LogP contribution in [0.3, 0.4) is 0 Å². The van der Waals surface area contributed by atoms with Crippen LogP contribution in [-0.4, -0.2) is 42.3 Å². The van der Waals surface area contributed by atoms with Crippen LogP contribution < -0.4 is 10.6 Å². The largest absolute Gasteiger partial charge is 0.480 e. The second kappa shape index (κ2) is 11.5. The zero-order valence-corrected chi connectivity index (χ0v) is 19.2. The van der Waals surface area contributed by atoms with Gasteiger partial charge in [-0.2, -0.15) is 0 Å². The lowest BCUT2D eigenvalue weighted by Crippen LogP contribution is -2.43. The van der Waals surface area contributed by atoms with Gasteiger partial charge in [0.25, 0.3) is 0 Å². The first-order valence-electron chi connectivity index (χ1n) is 11.5. The number of fused-ring (bicyclic) bond motifs is 3. The minimum Gasteiger partial charge on any atom is -0.480 e. The molecule has 2 unspecified atom stereocenters. The average molecular weight is 453 g/mol. The molecular formula is C26H32N2O5. The van der Waals surface area contributed by atoms with Crippen molar-refractivity contribution in [3.8, 4) is 11.1 Å². The normalized spacial score (nSPS) is 14.0. The van der Waals surface area contributed by atoms with Gasteiger partial charge in [0.1, 0.15) is 12.6 Å². The maximum Gasteiger partial charge on any atom is 0.407 e. The molecule has 0 bridgehead atoms. The highest BCUT2D eigenvalue weighted by molar-refractivity contribution is 5.84. The summed E-state index contributed by atoms with van der Waals surface area (Å²) >= 11 is 0. The van der Waals surface area contributed by atoms with E-state index >= 15 is 0 Å². The van der Waals surface area contributed by atoms with Crippen LogP contribution in [-0.2, 0) is 14.3 Å². The molecule has 0 aromatic heterocycles. The third-order valence-corrected chi connectivity index (χ3v) is 6.10. The second-order valence-corrected chi connectivity index (χ2v) is 8.48. The Morgan fingerprint density at radius 3 is 2.18 bits per heavy atom. The van der Waals surface area contributed by atoms with E-state index in [9.17, 15) is 19.5 Å². The lowest BCUT2D eigenvalue weighted by atomic mass is 9.98. The summed E-state index contributed by atoms with van der Waals surface area (Å²) in [4.78, 5) is 35.9. The molecule has 0 aliphatic heterocycles. The van der Waals surface area contributed by atoms with Gasteiger partial charge >= 0.3 is 12.1 Å². The maximum atomic E-state index is 12.3. The number of amides is 2. The molecule has 0 saturated heterocycles. The number of alkyl carbamates (subject to hydrolysis) is 1. The van der Waals surface area contributed by atoms with E-state index < -0.39 is 24.0 Å². The number of hydrogen-bond acceptors (Lipinski definition) is 4. The van der Waals surface area contributed by atoms with Crippen LogP contribution in [0.1, 0.15) is 56.6 Å². The number of aliphatic carboxylic acids is 1. The van der Waals surface area contributed by atoms with Crippen molar-refractivity contribution in [2.24, 2.45) is 5.92 Å². The van der Waals surface area contributed by atoms with E-state index in [-0.39, 0.29) is 25.0 Å². The molecule has 33 heavy (non-hydrogen) atoms. The van der Waals surface area contributed by atoms with Crippen LogP contribution in [0.15, 0.2) is 48.5 Å². The molecule has 3 N–H and O–H groups in total. The number of rotatable bonds is 11. The van der Waals surface area contributed by atoms with Crippen molar-refractivity contribution in [2.75, 3.05) is 13.2 Å². The quantitative estimate of drug-likeness (QED) is 0.471. The first-order chi connectivity index (χ1) is 15.9. The van der Waals surface area contributed by atoms with E-state index in [0.29, 0.717) is 12.8 Å². The van der Waals surface area contributed by atoms with Gasteiger partial charge in [-0.25, -0.2) is 9.59 Å². The van der Waals surface area contributed by atoms with Gasteiger partial charge in [-0.15, -0.1) is 0 Å². The van der Waals surface area contributed by atoms with E-state index in [0.717, 1.165) is 24.0 Å². The van der Waals surface area contributed by atoms with Crippen LogP contribution in [0.5, 0.6) is 0 Å². The van der Waals surface area contributed by atoms with Crippen LogP contribution in [0.2, 0.25) is 0 Å². The number of carbonyl (C=O) groups is 3. The Hall–Kier alpha value is -3.35. The number of carboxylic acids is 1. The van der Waals surface area contributed by atoms with E-state index in [4.69, 9.17) is 4.74 Å². The van der Waals surface area contributed by atoms with E-state index in [1.54, 1.807) is 6.92 Å². The van der Waals surface area contributed by atoms with Crippen LogP contribution in [0, 0.1) is 5.92 Å². The summed E-state index contributed by atoms with van der Waals surface area (Å²) in [6.07, 6.45) is 1.85. The van der Waals surface area contributed by atoms with Gasteiger partial charge < -0.3 is 20.5 Å². The molecule has 0 spiro atoms. The Morgan fingerprint density at radius 1 is 1.00 bits per heavy atom. The Balaban J connectivity index is 1.45. The van der Waals surface area contributed by atoms with E-state index in [1.807, 2.05) is 31.2 Å². The Labute approximate surface area is 194 Å². The smallest absolute Gasteiger partial charge is 0.407 e. The molecule has 2 aromatic rings. The SMILES string of the molecule is CCCCC(NC(=O)C(C)CCNC(=O)OCC1c2ccccc2-c2ccccc21)C(=O)O. The summed E-state index contributed by atoms with van der Waals surface area (Å²) < 4.78 is 5.49. The van der Waals surface area contributed by atoms with Gasteiger partial charge in [0.2, 0.25) is 5.91 Å². The molecule has 0 fully saturated rings. The van der Waals surface area contributed by atoms with Crippen molar-refractivity contribution in [1.82, 2.24) is 10.6 Å². The number of carboxylic acid groups (broad SMARTS) is 1. The van der Waals surface area contributed by atoms with Crippen molar-refractivity contribution in [2.45, 2.75) is 51.5 Å². The number of hydrogen-bond donors (Lipinski definition) is 3. The molecular weight excluding hydrogens is 420 g/mol. The van der Waals surface area contributed by atoms with Gasteiger partial charge in [-0.05, 0) is 35.1 Å². The lowest BCUT2D eigenvalue weighted by Gasteiger charge is -2.18. The Bertz CT molecular complexity index is 945.